The number of thioether (sulfide) groups is 1. The number of nitrogens with zero attached hydrogens (tertiary/aromatic N) is 3. The van der Waals surface area contributed by atoms with Crippen LogP contribution in [0.4, 0.5) is 27.8 Å². The van der Waals surface area contributed by atoms with Gasteiger partial charge in [0, 0.05) is 6.92 Å². The van der Waals surface area contributed by atoms with Crippen LogP contribution in [0.2, 0.25) is 10.0 Å². The second-order valence-corrected chi connectivity index (χ2v) is 6.93. The first-order valence-electron chi connectivity index (χ1n) is 6.27. The molecule has 0 aliphatic heterocycles. The minimum atomic E-state index is -4.69. The average Bonchev–Trinajstić information content (AvgIpc) is 2.73. The summed E-state index contributed by atoms with van der Waals surface area (Å²) in [5.74, 6) is -0.397. The molecule has 0 atom stereocenters. The van der Waals surface area contributed by atoms with Crippen LogP contribution in [0.15, 0.2) is 17.0 Å². The molecule has 0 saturated carbocycles. The van der Waals surface area contributed by atoms with Gasteiger partial charge in [0.25, 0.3) is 5.25 Å². The van der Waals surface area contributed by atoms with E-state index in [0.717, 1.165) is 4.68 Å². The lowest BCUT2D eigenvalue weighted by molar-refractivity contribution is -0.137. The van der Waals surface area contributed by atoms with Gasteiger partial charge in [-0.05, 0) is 23.9 Å². The molecule has 12 heteroatoms. The third kappa shape index (κ3) is 4.11. The van der Waals surface area contributed by atoms with Crippen molar-refractivity contribution in [2.75, 3.05) is 5.73 Å². The van der Waals surface area contributed by atoms with E-state index in [-0.39, 0.29) is 22.3 Å². The monoisotopic (exact) mass is 416 g/mol. The van der Waals surface area contributed by atoms with Crippen LogP contribution in [0.1, 0.15) is 18.2 Å². The number of aromatic nitrogens is 2. The van der Waals surface area contributed by atoms with E-state index in [1.54, 1.807) is 6.07 Å². The van der Waals surface area contributed by atoms with E-state index in [9.17, 15) is 22.0 Å². The highest BCUT2D eigenvalue weighted by Crippen LogP contribution is 2.43. The van der Waals surface area contributed by atoms with E-state index in [2.05, 4.69) is 5.10 Å². The Hall–Kier alpha value is -1.70. The molecule has 0 aliphatic rings. The molecule has 1 aromatic heterocycles. The summed E-state index contributed by atoms with van der Waals surface area (Å²) < 4.78 is 65.6. The van der Waals surface area contributed by atoms with Crippen LogP contribution in [0, 0.1) is 11.3 Å². The van der Waals surface area contributed by atoms with Gasteiger partial charge in [-0.25, -0.2) is 4.68 Å². The molecule has 0 bridgehead atoms. The quantitative estimate of drug-likeness (QED) is 0.540. The van der Waals surface area contributed by atoms with Crippen LogP contribution in [-0.2, 0) is 6.18 Å². The van der Waals surface area contributed by atoms with Crippen LogP contribution in [0.3, 0.4) is 0 Å². The maximum absolute atomic E-state index is 13.2. The van der Waals surface area contributed by atoms with Crippen LogP contribution in [0.25, 0.3) is 5.69 Å². The number of hydrogen-bond acceptors (Lipinski definition) is 4. The molecule has 0 amide bonds. The second kappa shape index (κ2) is 6.55. The summed E-state index contributed by atoms with van der Waals surface area (Å²) in [6, 6.07) is 2.78. The second-order valence-electron chi connectivity index (χ2n) is 4.78. The normalized spacial score (nSPS) is 12.3. The van der Waals surface area contributed by atoms with Crippen molar-refractivity contribution in [3.8, 4) is 11.8 Å². The molecule has 0 unspecified atom stereocenters. The van der Waals surface area contributed by atoms with Crippen molar-refractivity contribution in [3.05, 3.63) is 33.4 Å². The van der Waals surface area contributed by atoms with Gasteiger partial charge in [0.2, 0.25) is 0 Å². The highest BCUT2D eigenvalue weighted by molar-refractivity contribution is 8.00. The number of benzene rings is 1. The molecular formula is C13H7Cl2F5N4S. The van der Waals surface area contributed by atoms with Gasteiger partial charge in [-0.15, -0.1) is 0 Å². The number of nitrogen functional groups attached to an aromatic ring is 1. The van der Waals surface area contributed by atoms with E-state index < -0.39 is 38.6 Å². The Morgan fingerprint density at radius 3 is 2.12 bits per heavy atom. The van der Waals surface area contributed by atoms with Gasteiger partial charge >= 0.3 is 6.18 Å². The van der Waals surface area contributed by atoms with Gasteiger partial charge in [-0.2, -0.15) is 32.3 Å². The van der Waals surface area contributed by atoms with Crippen molar-refractivity contribution < 1.29 is 22.0 Å². The molecule has 1 heterocycles. The maximum atomic E-state index is 13.2. The van der Waals surface area contributed by atoms with Crippen molar-refractivity contribution in [2.45, 2.75) is 23.3 Å². The van der Waals surface area contributed by atoms with Gasteiger partial charge in [-0.3, -0.25) is 0 Å². The number of anilines is 1. The highest BCUT2D eigenvalue weighted by Gasteiger charge is 2.34. The molecule has 2 aromatic rings. The molecule has 4 nitrogen and oxygen atoms in total. The summed E-state index contributed by atoms with van der Waals surface area (Å²) in [7, 11) is 0. The van der Waals surface area contributed by atoms with Gasteiger partial charge in [0.15, 0.2) is 5.69 Å². The molecule has 0 fully saturated rings. The number of alkyl halides is 5. The zero-order valence-corrected chi connectivity index (χ0v) is 14.5. The summed E-state index contributed by atoms with van der Waals surface area (Å²) in [5.41, 5.74) is 3.94. The van der Waals surface area contributed by atoms with Crippen LogP contribution >= 0.6 is 35.0 Å². The molecular weight excluding hydrogens is 410 g/mol. The SMILES string of the molecule is CC(F)(F)Sc1c(C#N)nn(-c2c(Cl)cc(C(F)(F)F)cc2Cl)c1N. The number of nitriles is 1. The van der Waals surface area contributed by atoms with Crippen LogP contribution < -0.4 is 5.73 Å². The number of hydrogen-bond donors (Lipinski definition) is 1. The van der Waals surface area contributed by atoms with Crippen LogP contribution in [0.5, 0.6) is 0 Å². The molecule has 2 rings (SSSR count). The topological polar surface area (TPSA) is 67.6 Å². The van der Waals surface area contributed by atoms with E-state index >= 15 is 0 Å². The molecule has 134 valence electrons. The van der Waals surface area contributed by atoms with Crippen molar-refractivity contribution in [2.24, 2.45) is 0 Å². The van der Waals surface area contributed by atoms with E-state index in [1.807, 2.05) is 0 Å². The lowest BCUT2D eigenvalue weighted by Gasteiger charge is -2.13. The zero-order valence-electron chi connectivity index (χ0n) is 12.1. The predicted octanol–water partition coefficient (Wildman–Crippen LogP) is 5.36. The van der Waals surface area contributed by atoms with Gasteiger partial charge in [0.05, 0.1) is 20.5 Å². The summed E-state index contributed by atoms with van der Waals surface area (Å²) in [6.45, 7) is 0.591. The number of nitrogens with two attached hydrogens (primary N) is 1. The third-order valence-electron chi connectivity index (χ3n) is 2.82. The molecule has 25 heavy (non-hydrogen) atoms. The summed E-state index contributed by atoms with van der Waals surface area (Å²) in [6.07, 6.45) is -4.69. The van der Waals surface area contributed by atoms with Crippen LogP contribution in [-0.4, -0.2) is 15.0 Å². The molecule has 0 spiro atoms. The molecule has 0 saturated heterocycles. The van der Waals surface area contributed by atoms with E-state index in [4.69, 9.17) is 34.2 Å². The Morgan fingerprint density at radius 1 is 1.20 bits per heavy atom. The Balaban J connectivity index is 2.66. The lowest BCUT2D eigenvalue weighted by atomic mass is 10.2. The molecule has 2 N–H and O–H groups in total. The molecule has 0 aliphatic carbocycles. The first-order chi connectivity index (χ1) is 11.3. The smallest absolute Gasteiger partial charge is 0.383 e. The fraction of sp³-hybridized carbons (Fsp3) is 0.231. The van der Waals surface area contributed by atoms with Crippen molar-refractivity contribution >= 4 is 40.8 Å². The molecule has 1 aromatic carbocycles. The minimum Gasteiger partial charge on any atom is -0.383 e. The standard InChI is InChI=1S/C13H7Cl2F5N4S/c1-12(16,17)25-10-8(4-21)23-24(11(10)22)9-6(14)2-5(3-7(9)15)13(18,19)20/h2-3H,22H2,1H3. The average molecular weight is 417 g/mol. The predicted molar refractivity (Wildman–Crippen MR) is 84.2 cm³/mol. The van der Waals surface area contributed by atoms with E-state index in [1.165, 1.54) is 0 Å². The Labute approximate surface area is 152 Å². The lowest BCUT2D eigenvalue weighted by Crippen LogP contribution is -2.09. The molecule has 0 radical (unpaired) electrons. The summed E-state index contributed by atoms with van der Waals surface area (Å²) >= 11 is 11.7. The Bertz CT molecular complexity index is 844. The van der Waals surface area contributed by atoms with Gasteiger partial charge < -0.3 is 5.73 Å². The Morgan fingerprint density at radius 2 is 1.72 bits per heavy atom. The summed E-state index contributed by atoms with van der Waals surface area (Å²) in [4.78, 5) is -0.331. The Kier molecular flexibility index (Phi) is 5.14. The fourth-order valence-corrected chi connectivity index (χ4v) is 3.25. The minimum absolute atomic E-state index is 0.0171. The third-order valence-corrected chi connectivity index (χ3v) is 4.36. The largest absolute Gasteiger partial charge is 0.416 e. The van der Waals surface area contributed by atoms with Gasteiger partial charge in [-0.1, -0.05) is 23.2 Å². The zero-order chi connectivity index (χ0) is 19.2. The fourth-order valence-electron chi connectivity index (χ4n) is 1.87. The first kappa shape index (κ1) is 19.6. The van der Waals surface area contributed by atoms with Crippen molar-refractivity contribution in [1.29, 1.82) is 5.26 Å². The summed E-state index contributed by atoms with van der Waals surface area (Å²) in [5, 5.41) is 8.58. The number of halogens is 7. The van der Waals surface area contributed by atoms with E-state index in [0.29, 0.717) is 19.1 Å². The maximum Gasteiger partial charge on any atom is 0.416 e. The number of rotatable bonds is 3. The first-order valence-corrected chi connectivity index (χ1v) is 7.84. The van der Waals surface area contributed by atoms with Crippen molar-refractivity contribution in [1.82, 2.24) is 9.78 Å². The van der Waals surface area contributed by atoms with Crippen molar-refractivity contribution in [3.63, 3.8) is 0 Å². The highest BCUT2D eigenvalue weighted by atomic mass is 35.5. The van der Waals surface area contributed by atoms with Gasteiger partial charge in [0.1, 0.15) is 17.6 Å².